The van der Waals surface area contributed by atoms with Crippen LogP contribution in [0.1, 0.15) is 6.42 Å². The highest BCUT2D eigenvalue weighted by molar-refractivity contribution is 7.96. The Morgan fingerprint density at radius 1 is 1.36 bits per heavy atom. The third kappa shape index (κ3) is 1.48. The Morgan fingerprint density at radius 2 is 1.93 bits per heavy atom. The molecule has 4 nitrogen and oxygen atoms in total. The van der Waals surface area contributed by atoms with Crippen LogP contribution in [0, 0.1) is 0 Å². The first kappa shape index (κ1) is 10.1. The molecule has 3 aliphatic rings. The van der Waals surface area contributed by atoms with E-state index in [9.17, 15) is 4.79 Å². The van der Waals surface area contributed by atoms with E-state index in [1.807, 2.05) is 19.0 Å². The van der Waals surface area contributed by atoms with Crippen molar-refractivity contribution in [1.82, 2.24) is 14.1 Å². The van der Waals surface area contributed by atoms with E-state index in [0.717, 1.165) is 13.1 Å². The maximum Gasteiger partial charge on any atom is 0.320 e. The second-order valence-corrected chi connectivity index (χ2v) is 5.04. The lowest BCUT2D eigenvalue weighted by molar-refractivity contribution is -0.0128. The van der Waals surface area contributed by atoms with Crippen LogP contribution in [-0.2, 0) is 0 Å². The van der Waals surface area contributed by atoms with Crippen molar-refractivity contribution in [3.8, 4) is 0 Å². The Morgan fingerprint density at radius 3 is 2.36 bits per heavy atom. The molecule has 3 aliphatic heterocycles. The van der Waals surface area contributed by atoms with E-state index < -0.39 is 0 Å². The number of hydrogen-bond acceptors (Lipinski definition) is 3. The standard InChI is InChI=1S/C9H17N3OS/c1-10(2)9(13)12-7-4-8(12)6-11(5-7)14-3/h7-8H,4-6H2,1-3H3. The molecule has 2 atom stereocenters. The molecule has 2 bridgehead atoms. The summed E-state index contributed by atoms with van der Waals surface area (Å²) >= 11 is 1.78. The van der Waals surface area contributed by atoms with Gasteiger partial charge in [-0.1, -0.05) is 11.9 Å². The highest BCUT2D eigenvalue weighted by Crippen LogP contribution is 2.34. The summed E-state index contributed by atoms with van der Waals surface area (Å²) in [6.07, 6.45) is 3.29. The molecule has 3 heterocycles. The third-order valence-corrected chi connectivity index (χ3v) is 3.84. The molecule has 0 saturated carbocycles. The predicted octanol–water partition coefficient (Wildman–Crippen LogP) is 0.705. The van der Waals surface area contributed by atoms with Gasteiger partial charge in [0.05, 0.1) is 0 Å². The molecule has 0 spiro atoms. The number of carbonyl (C=O) groups excluding carboxylic acids is 1. The first-order valence-corrected chi connectivity index (χ1v) is 6.10. The molecule has 0 aromatic carbocycles. The lowest BCUT2D eigenvalue weighted by Crippen LogP contribution is -2.70. The van der Waals surface area contributed by atoms with Gasteiger partial charge in [-0.05, 0) is 12.7 Å². The van der Waals surface area contributed by atoms with Crippen LogP contribution >= 0.6 is 11.9 Å². The minimum Gasteiger partial charge on any atom is -0.331 e. The molecular weight excluding hydrogens is 198 g/mol. The number of fused-ring (bicyclic) bond motifs is 2. The topological polar surface area (TPSA) is 26.8 Å². The molecule has 0 aromatic rings. The maximum atomic E-state index is 11.8. The van der Waals surface area contributed by atoms with Crippen molar-refractivity contribution < 1.29 is 4.79 Å². The van der Waals surface area contributed by atoms with Crippen molar-refractivity contribution in [1.29, 1.82) is 0 Å². The van der Waals surface area contributed by atoms with Crippen LogP contribution in [-0.4, -0.2) is 65.7 Å². The molecular formula is C9H17N3OS. The Labute approximate surface area is 89.3 Å². The zero-order valence-electron chi connectivity index (χ0n) is 8.93. The zero-order valence-corrected chi connectivity index (χ0v) is 9.75. The molecule has 80 valence electrons. The van der Waals surface area contributed by atoms with E-state index in [-0.39, 0.29) is 6.03 Å². The lowest BCUT2D eigenvalue weighted by atomic mass is 9.89. The van der Waals surface area contributed by atoms with Crippen molar-refractivity contribution in [3.05, 3.63) is 0 Å². The number of rotatable bonds is 1. The first-order valence-electron chi connectivity index (χ1n) is 4.92. The van der Waals surface area contributed by atoms with Gasteiger partial charge < -0.3 is 9.80 Å². The lowest BCUT2D eigenvalue weighted by Gasteiger charge is -2.56. The summed E-state index contributed by atoms with van der Waals surface area (Å²) in [5.74, 6) is 0. The van der Waals surface area contributed by atoms with Crippen LogP contribution in [0.4, 0.5) is 4.79 Å². The minimum absolute atomic E-state index is 0.173. The Kier molecular flexibility index (Phi) is 2.62. The van der Waals surface area contributed by atoms with Crippen LogP contribution in [0.5, 0.6) is 0 Å². The average molecular weight is 215 g/mol. The number of piperazine rings is 1. The van der Waals surface area contributed by atoms with Crippen molar-refractivity contribution in [2.45, 2.75) is 18.5 Å². The van der Waals surface area contributed by atoms with E-state index in [0.29, 0.717) is 12.1 Å². The number of urea groups is 1. The van der Waals surface area contributed by atoms with Crippen LogP contribution < -0.4 is 0 Å². The van der Waals surface area contributed by atoms with Gasteiger partial charge in [-0.2, -0.15) is 0 Å². The van der Waals surface area contributed by atoms with Gasteiger partial charge in [-0.3, -0.25) is 0 Å². The highest BCUT2D eigenvalue weighted by Gasteiger charge is 2.47. The zero-order chi connectivity index (χ0) is 10.3. The van der Waals surface area contributed by atoms with Gasteiger partial charge in [0.1, 0.15) is 0 Å². The SMILES string of the molecule is CSN1CC2CC(C1)N2C(=O)N(C)C. The Balaban J connectivity index is 1.97. The monoisotopic (exact) mass is 215 g/mol. The number of hydrogen-bond donors (Lipinski definition) is 0. The molecule has 14 heavy (non-hydrogen) atoms. The van der Waals surface area contributed by atoms with Crippen LogP contribution in [0.25, 0.3) is 0 Å². The molecule has 2 unspecified atom stereocenters. The van der Waals surface area contributed by atoms with Gasteiger partial charge in [-0.15, -0.1) is 0 Å². The van der Waals surface area contributed by atoms with Gasteiger partial charge in [0.2, 0.25) is 0 Å². The van der Waals surface area contributed by atoms with E-state index in [4.69, 9.17) is 0 Å². The largest absolute Gasteiger partial charge is 0.331 e. The fourth-order valence-corrected chi connectivity index (χ4v) is 2.91. The Bertz CT molecular complexity index is 234. The molecule has 5 heteroatoms. The van der Waals surface area contributed by atoms with Crippen LogP contribution in [0.3, 0.4) is 0 Å². The quantitative estimate of drug-likeness (QED) is 0.603. The molecule has 2 amide bonds. The molecule has 0 aliphatic carbocycles. The van der Waals surface area contributed by atoms with Crippen molar-refractivity contribution in [2.75, 3.05) is 33.4 Å². The van der Waals surface area contributed by atoms with Gasteiger partial charge in [0, 0.05) is 39.3 Å². The summed E-state index contributed by atoms with van der Waals surface area (Å²) in [6, 6.07) is 1.08. The normalized spacial score (nSPS) is 31.2. The number of carbonyl (C=O) groups is 1. The second kappa shape index (κ2) is 3.62. The van der Waals surface area contributed by atoms with Crippen LogP contribution in [0.15, 0.2) is 0 Å². The number of amides is 2. The molecule has 3 rings (SSSR count). The summed E-state index contributed by atoms with van der Waals surface area (Å²) in [6.45, 7) is 2.05. The first-order chi connectivity index (χ1) is 6.63. The summed E-state index contributed by atoms with van der Waals surface area (Å²) in [4.78, 5) is 15.5. The number of piperidine rings is 1. The smallest absolute Gasteiger partial charge is 0.320 e. The van der Waals surface area contributed by atoms with E-state index in [1.165, 1.54) is 6.42 Å². The maximum absolute atomic E-state index is 11.8. The van der Waals surface area contributed by atoms with Crippen molar-refractivity contribution >= 4 is 18.0 Å². The van der Waals surface area contributed by atoms with E-state index in [1.54, 1.807) is 16.8 Å². The van der Waals surface area contributed by atoms with E-state index >= 15 is 0 Å². The molecule has 0 N–H and O–H groups in total. The fourth-order valence-electron chi connectivity index (χ4n) is 2.26. The second-order valence-electron chi connectivity index (χ2n) is 4.16. The summed E-state index contributed by atoms with van der Waals surface area (Å²) in [5.41, 5.74) is 0. The Hall–Kier alpha value is -0.420. The molecule has 0 radical (unpaired) electrons. The van der Waals surface area contributed by atoms with Gasteiger partial charge >= 0.3 is 6.03 Å². The van der Waals surface area contributed by atoms with Crippen molar-refractivity contribution in [3.63, 3.8) is 0 Å². The molecule has 3 fully saturated rings. The molecule has 3 saturated heterocycles. The van der Waals surface area contributed by atoms with Crippen molar-refractivity contribution in [2.24, 2.45) is 0 Å². The summed E-state index contributed by atoms with van der Waals surface area (Å²) in [7, 11) is 3.64. The highest BCUT2D eigenvalue weighted by atomic mass is 32.2. The molecule has 0 aromatic heterocycles. The summed E-state index contributed by atoms with van der Waals surface area (Å²) in [5, 5.41) is 0. The minimum atomic E-state index is 0.173. The number of nitrogens with zero attached hydrogens (tertiary/aromatic N) is 3. The fraction of sp³-hybridized carbons (Fsp3) is 0.889. The predicted molar refractivity (Wildman–Crippen MR) is 58.2 cm³/mol. The van der Waals surface area contributed by atoms with Crippen LogP contribution in [0.2, 0.25) is 0 Å². The average Bonchev–Trinajstić information content (AvgIpc) is 2.17. The summed E-state index contributed by atoms with van der Waals surface area (Å²) < 4.78 is 2.35. The van der Waals surface area contributed by atoms with Gasteiger partial charge in [0.25, 0.3) is 0 Å². The van der Waals surface area contributed by atoms with Gasteiger partial charge in [0.15, 0.2) is 0 Å². The third-order valence-electron chi connectivity index (χ3n) is 3.02. The van der Waals surface area contributed by atoms with Gasteiger partial charge in [-0.25, -0.2) is 9.10 Å². The van der Waals surface area contributed by atoms with E-state index in [2.05, 4.69) is 10.6 Å².